The van der Waals surface area contributed by atoms with Crippen molar-refractivity contribution in [1.82, 2.24) is 5.32 Å². The molecule has 1 heterocycles. The van der Waals surface area contributed by atoms with Crippen LogP contribution in [0.4, 0.5) is 10.5 Å². The number of amides is 2. The van der Waals surface area contributed by atoms with Crippen LogP contribution >= 0.6 is 27.3 Å². The smallest absolute Gasteiger partial charge is 0.337 e. The minimum atomic E-state index is -1.07. The summed E-state index contributed by atoms with van der Waals surface area (Å²) in [5, 5.41) is 14.4. The monoisotopic (exact) mass is 368 g/mol. The summed E-state index contributed by atoms with van der Waals surface area (Å²) in [6, 6.07) is 8.23. The van der Waals surface area contributed by atoms with E-state index in [-0.39, 0.29) is 5.56 Å². The highest BCUT2D eigenvalue weighted by Gasteiger charge is 2.14. The second kappa shape index (κ2) is 6.73. The molecule has 0 unspecified atom stereocenters. The fraction of sp³-hybridized carbons (Fsp3) is 0.143. The predicted molar refractivity (Wildman–Crippen MR) is 86.0 cm³/mol. The van der Waals surface area contributed by atoms with Gasteiger partial charge in [0.15, 0.2) is 0 Å². The van der Waals surface area contributed by atoms with Crippen molar-refractivity contribution in [2.75, 3.05) is 5.32 Å². The molecule has 0 spiro atoms. The van der Waals surface area contributed by atoms with Crippen molar-refractivity contribution in [1.29, 1.82) is 0 Å². The van der Waals surface area contributed by atoms with Gasteiger partial charge in [-0.1, -0.05) is 12.1 Å². The molecule has 0 aliphatic carbocycles. The number of hydrogen-bond acceptors (Lipinski definition) is 3. The van der Waals surface area contributed by atoms with Gasteiger partial charge in [-0.3, -0.25) is 0 Å². The zero-order chi connectivity index (χ0) is 15.4. The van der Waals surface area contributed by atoms with Gasteiger partial charge in [0.1, 0.15) is 0 Å². The Balaban J connectivity index is 2.04. The summed E-state index contributed by atoms with van der Waals surface area (Å²) in [7, 11) is 0. The van der Waals surface area contributed by atoms with Gasteiger partial charge in [0, 0.05) is 4.88 Å². The van der Waals surface area contributed by atoms with Crippen LogP contribution in [0, 0.1) is 6.92 Å². The first-order chi connectivity index (χ1) is 9.97. The number of halogens is 1. The summed E-state index contributed by atoms with van der Waals surface area (Å²) in [5.74, 6) is -1.07. The van der Waals surface area contributed by atoms with Gasteiger partial charge in [0.05, 0.1) is 21.6 Å². The van der Waals surface area contributed by atoms with Gasteiger partial charge in [-0.2, -0.15) is 0 Å². The van der Waals surface area contributed by atoms with Crippen LogP contribution in [0.15, 0.2) is 34.1 Å². The number of nitrogens with one attached hydrogen (secondary N) is 2. The Bertz CT molecular complexity index is 685. The fourth-order valence-electron chi connectivity index (χ4n) is 1.78. The SMILES string of the molecule is Cc1cccc(C(=O)O)c1NC(=O)NCc1ccc(Br)s1. The highest BCUT2D eigenvalue weighted by molar-refractivity contribution is 9.11. The molecule has 7 heteroatoms. The molecule has 0 saturated carbocycles. The number of urea groups is 1. The zero-order valence-electron chi connectivity index (χ0n) is 11.1. The lowest BCUT2D eigenvalue weighted by Crippen LogP contribution is -2.29. The molecule has 2 amide bonds. The van der Waals surface area contributed by atoms with E-state index in [1.807, 2.05) is 12.1 Å². The number of carboxylic acids is 1. The van der Waals surface area contributed by atoms with Crippen molar-refractivity contribution in [3.63, 3.8) is 0 Å². The van der Waals surface area contributed by atoms with Crippen LogP contribution in [0.5, 0.6) is 0 Å². The standard InChI is InChI=1S/C14H13BrN2O3S/c1-8-3-2-4-10(13(18)19)12(8)17-14(20)16-7-9-5-6-11(15)21-9/h2-6H,7H2,1H3,(H,18,19)(H2,16,17,20). The summed E-state index contributed by atoms with van der Waals surface area (Å²) in [6.45, 7) is 2.13. The maximum absolute atomic E-state index is 11.9. The van der Waals surface area contributed by atoms with Crippen molar-refractivity contribution < 1.29 is 14.7 Å². The van der Waals surface area contributed by atoms with E-state index in [1.54, 1.807) is 19.1 Å². The van der Waals surface area contributed by atoms with Gasteiger partial charge < -0.3 is 15.7 Å². The first kappa shape index (κ1) is 15.5. The number of aromatic carboxylic acids is 1. The Hall–Kier alpha value is -1.86. The maximum Gasteiger partial charge on any atom is 0.337 e. The van der Waals surface area contributed by atoms with E-state index in [0.717, 1.165) is 8.66 Å². The Labute approximate surface area is 134 Å². The molecule has 1 aromatic carbocycles. The third-order valence-corrected chi connectivity index (χ3v) is 4.42. The molecule has 0 aliphatic rings. The molecule has 0 radical (unpaired) electrons. The highest BCUT2D eigenvalue weighted by atomic mass is 79.9. The lowest BCUT2D eigenvalue weighted by molar-refractivity contribution is 0.0698. The van der Waals surface area contributed by atoms with Crippen molar-refractivity contribution >= 4 is 45.0 Å². The molecule has 3 N–H and O–H groups in total. The van der Waals surface area contributed by atoms with Crippen molar-refractivity contribution in [3.8, 4) is 0 Å². The average molecular weight is 369 g/mol. The summed E-state index contributed by atoms with van der Waals surface area (Å²) < 4.78 is 0.992. The highest BCUT2D eigenvalue weighted by Crippen LogP contribution is 2.22. The number of carboxylic acid groups (broad SMARTS) is 1. The number of thiophene rings is 1. The van der Waals surface area contributed by atoms with E-state index < -0.39 is 12.0 Å². The predicted octanol–water partition coefficient (Wildman–Crippen LogP) is 3.84. The van der Waals surface area contributed by atoms with E-state index in [2.05, 4.69) is 26.6 Å². The summed E-state index contributed by atoms with van der Waals surface area (Å²) in [4.78, 5) is 24.1. The lowest BCUT2D eigenvalue weighted by atomic mass is 10.1. The van der Waals surface area contributed by atoms with E-state index in [1.165, 1.54) is 17.4 Å². The quantitative estimate of drug-likeness (QED) is 0.766. The van der Waals surface area contributed by atoms with Crippen molar-refractivity contribution in [2.24, 2.45) is 0 Å². The molecule has 5 nitrogen and oxygen atoms in total. The van der Waals surface area contributed by atoms with E-state index in [4.69, 9.17) is 5.11 Å². The fourth-order valence-corrected chi connectivity index (χ4v) is 3.21. The molecule has 21 heavy (non-hydrogen) atoms. The molecular weight excluding hydrogens is 356 g/mol. The number of hydrogen-bond donors (Lipinski definition) is 3. The average Bonchev–Trinajstić information content (AvgIpc) is 2.84. The molecule has 2 aromatic rings. The second-order valence-corrected chi connectivity index (χ2v) is 6.86. The first-order valence-corrected chi connectivity index (χ1v) is 7.70. The normalized spacial score (nSPS) is 10.2. The summed E-state index contributed by atoms with van der Waals surface area (Å²) in [6.07, 6.45) is 0. The third-order valence-electron chi connectivity index (χ3n) is 2.79. The number of benzene rings is 1. The second-order valence-electron chi connectivity index (χ2n) is 4.32. The molecule has 1 aromatic heterocycles. The van der Waals surface area contributed by atoms with Crippen LogP contribution in [0.2, 0.25) is 0 Å². The van der Waals surface area contributed by atoms with Crippen LogP contribution in [-0.4, -0.2) is 17.1 Å². The lowest BCUT2D eigenvalue weighted by Gasteiger charge is -2.12. The largest absolute Gasteiger partial charge is 0.478 e. The Morgan fingerprint density at radius 2 is 2.05 bits per heavy atom. The number of anilines is 1. The molecule has 0 aliphatic heterocycles. The van der Waals surface area contributed by atoms with Crippen molar-refractivity contribution in [2.45, 2.75) is 13.5 Å². The number of carbonyl (C=O) groups is 2. The molecule has 110 valence electrons. The van der Waals surface area contributed by atoms with Crippen LogP contribution in [-0.2, 0) is 6.54 Å². The molecule has 0 fully saturated rings. The van der Waals surface area contributed by atoms with Crippen LogP contribution in [0.3, 0.4) is 0 Å². The summed E-state index contributed by atoms with van der Waals surface area (Å²) >= 11 is 4.88. The van der Waals surface area contributed by atoms with Crippen LogP contribution in [0.1, 0.15) is 20.8 Å². The zero-order valence-corrected chi connectivity index (χ0v) is 13.5. The molecule has 0 saturated heterocycles. The first-order valence-electron chi connectivity index (χ1n) is 6.09. The van der Waals surface area contributed by atoms with Gasteiger partial charge in [-0.05, 0) is 46.6 Å². The Kier molecular flexibility index (Phi) is 4.98. The minimum absolute atomic E-state index is 0.0732. The molecule has 2 rings (SSSR count). The van der Waals surface area contributed by atoms with Gasteiger partial charge in [0.25, 0.3) is 0 Å². The Morgan fingerprint density at radius 1 is 1.29 bits per heavy atom. The third kappa shape index (κ3) is 4.05. The Morgan fingerprint density at radius 3 is 2.67 bits per heavy atom. The number of rotatable bonds is 4. The van der Waals surface area contributed by atoms with Gasteiger partial charge in [-0.25, -0.2) is 9.59 Å². The number of aryl methyl sites for hydroxylation is 1. The van der Waals surface area contributed by atoms with Crippen LogP contribution in [0.25, 0.3) is 0 Å². The number of carbonyl (C=O) groups excluding carboxylic acids is 1. The maximum atomic E-state index is 11.9. The van der Waals surface area contributed by atoms with Gasteiger partial charge in [-0.15, -0.1) is 11.3 Å². The number of para-hydroxylation sites is 1. The topological polar surface area (TPSA) is 78.4 Å². The molecule has 0 bridgehead atoms. The van der Waals surface area contributed by atoms with Crippen molar-refractivity contribution in [3.05, 3.63) is 50.1 Å². The minimum Gasteiger partial charge on any atom is -0.478 e. The van der Waals surface area contributed by atoms with E-state index in [0.29, 0.717) is 17.8 Å². The molecule has 0 atom stereocenters. The molecular formula is C14H13BrN2O3S. The van der Waals surface area contributed by atoms with Gasteiger partial charge >= 0.3 is 12.0 Å². The van der Waals surface area contributed by atoms with E-state index >= 15 is 0 Å². The van der Waals surface area contributed by atoms with E-state index in [9.17, 15) is 9.59 Å². The van der Waals surface area contributed by atoms with Gasteiger partial charge in [0.2, 0.25) is 0 Å². The van der Waals surface area contributed by atoms with Crippen LogP contribution < -0.4 is 10.6 Å². The summed E-state index contributed by atoms with van der Waals surface area (Å²) in [5.41, 5.74) is 1.09.